The van der Waals surface area contributed by atoms with Crippen LogP contribution in [0.3, 0.4) is 0 Å². The quantitative estimate of drug-likeness (QED) is 0.736. The lowest BCUT2D eigenvalue weighted by Gasteiger charge is -2.07. The Balaban J connectivity index is 1.85. The molecule has 2 aromatic carbocycles. The third kappa shape index (κ3) is 6.58. The summed E-state index contributed by atoms with van der Waals surface area (Å²) in [6.45, 7) is 0. The van der Waals surface area contributed by atoms with Crippen LogP contribution < -0.4 is 0 Å². The lowest BCUT2D eigenvalue weighted by Crippen LogP contribution is -2.11. The molecule has 23 heavy (non-hydrogen) atoms. The smallest absolute Gasteiger partial charge is 0.262 e. The highest BCUT2D eigenvalue weighted by atomic mass is 32.3. The van der Waals surface area contributed by atoms with Crippen molar-refractivity contribution in [3.05, 3.63) is 82.1 Å². The van der Waals surface area contributed by atoms with Crippen LogP contribution >= 0.6 is 0 Å². The Hall–Kier alpha value is -1.60. The maximum atomic E-state index is 12.8. The first kappa shape index (κ1) is 17.7. The maximum Gasteiger partial charge on any atom is 0.262 e. The highest BCUT2D eigenvalue weighted by Gasteiger charge is 2.11. The molecule has 0 aliphatic heterocycles. The fourth-order valence-corrected chi connectivity index (χ4v) is 3.81. The van der Waals surface area contributed by atoms with Gasteiger partial charge in [0.25, 0.3) is 5.08 Å². The molecule has 0 aromatic heterocycles. The van der Waals surface area contributed by atoms with Crippen LogP contribution in [0.25, 0.3) is 12.2 Å². The molecule has 0 saturated heterocycles. The summed E-state index contributed by atoms with van der Waals surface area (Å²) in [5, 5.41) is 2.82. The molecular weight excluding hydrogens is 338 g/mol. The van der Waals surface area contributed by atoms with Gasteiger partial charge in [-0.1, -0.05) is 24.3 Å². The normalized spacial score (nSPS) is 14.4. The Morgan fingerprint density at radius 3 is 1.39 bits per heavy atom. The summed E-state index contributed by atoms with van der Waals surface area (Å²) in [6.07, 6.45) is 3.19. The molecule has 2 unspecified atom stereocenters. The van der Waals surface area contributed by atoms with Crippen molar-refractivity contribution in [2.45, 2.75) is 0 Å². The summed E-state index contributed by atoms with van der Waals surface area (Å²) < 4.78 is 49.2. The number of rotatable bonds is 6. The Labute approximate surface area is 139 Å². The number of benzene rings is 2. The second-order valence-corrected chi connectivity index (χ2v) is 7.60. The van der Waals surface area contributed by atoms with Crippen molar-refractivity contribution in [3.63, 3.8) is 0 Å². The van der Waals surface area contributed by atoms with E-state index < -0.39 is 22.4 Å². The Morgan fingerprint density at radius 2 is 1.04 bits per heavy atom. The largest absolute Gasteiger partial charge is 0.608 e. The number of halogens is 2. The van der Waals surface area contributed by atoms with E-state index >= 15 is 0 Å². The van der Waals surface area contributed by atoms with Gasteiger partial charge in [0, 0.05) is 22.4 Å². The molecule has 2 nitrogen and oxygen atoms in total. The van der Waals surface area contributed by atoms with Crippen molar-refractivity contribution in [1.82, 2.24) is 0 Å². The van der Waals surface area contributed by atoms with Crippen LogP contribution in [-0.2, 0) is 22.4 Å². The highest BCUT2D eigenvalue weighted by molar-refractivity contribution is 8.10. The fourth-order valence-electron chi connectivity index (χ4n) is 1.65. The van der Waals surface area contributed by atoms with E-state index in [-0.39, 0.29) is 16.7 Å². The molecule has 0 bridgehead atoms. The first-order chi connectivity index (χ1) is 11.0. The van der Waals surface area contributed by atoms with Crippen LogP contribution in [0, 0.1) is 11.6 Å². The van der Waals surface area contributed by atoms with Crippen LogP contribution in [0.15, 0.2) is 59.3 Å². The zero-order valence-electron chi connectivity index (χ0n) is 12.0. The van der Waals surface area contributed by atoms with Gasteiger partial charge >= 0.3 is 0 Å². The molecule has 0 radical (unpaired) electrons. The highest BCUT2D eigenvalue weighted by Crippen LogP contribution is 2.10. The van der Waals surface area contributed by atoms with Gasteiger partial charge in [0.1, 0.15) is 22.5 Å². The van der Waals surface area contributed by atoms with Crippen molar-refractivity contribution < 1.29 is 17.9 Å². The van der Waals surface area contributed by atoms with Crippen LogP contribution in [0.1, 0.15) is 11.1 Å². The molecule has 0 saturated carbocycles. The topological polar surface area (TPSA) is 46.1 Å². The molecule has 0 amide bonds. The van der Waals surface area contributed by atoms with E-state index in [1.807, 2.05) is 0 Å². The average Bonchev–Trinajstić information content (AvgIpc) is 2.54. The first-order valence-electron chi connectivity index (χ1n) is 6.65. The standard InChI is InChI=1S/C17H14F2O2S2/c18-16-5-1-14(2-6-16)9-11-22(20)13-23(21)12-10-15-3-7-17(19)8-4-15/h1-12H,13H2/b11-9+,12-10+. The van der Waals surface area contributed by atoms with Crippen molar-refractivity contribution in [1.29, 1.82) is 0 Å². The number of hydrogen-bond acceptors (Lipinski definition) is 2. The van der Waals surface area contributed by atoms with E-state index in [1.165, 1.54) is 35.1 Å². The predicted molar refractivity (Wildman–Crippen MR) is 92.0 cm³/mol. The maximum absolute atomic E-state index is 12.8. The SMILES string of the molecule is [O-][S+](/C=C/c1ccc(F)cc1)C[S+]([O-])/C=C/c1ccc(F)cc1. The van der Waals surface area contributed by atoms with E-state index in [2.05, 4.69) is 0 Å². The van der Waals surface area contributed by atoms with Gasteiger partial charge in [-0.3, -0.25) is 0 Å². The molecule has 0 heterocycles. The lowest BCUT2D eigenvalue weighted by molar-refractivity contribution is 0.596. The van der Waals surface area contributed by atoms with Crippen molar-refractivity contribution in [3.8, 4) is 0 Å². The summed E-state index contributed by atoms with van der Waals surface area (Å²) in [7, 11) is 0. The van der Waals surface area contributed by atoms with Crippen LogP contribution in [-0.4, -0.2) is 14.2 Å². The molecule has 0 fully saturated rings. The van der Waals surface area contributed by atoms with Gasteiger partial charge in [0.05, 0.1) is 0 Å². The van der Waals surface area contributed by atoms with E-state index in [9.17, 15) is 17.9 Å². The molecule has 2 aromatic rings. The summed E-state index contributed by atoms with van der Waals surface area (Å²) in [5.41, 5.74) is 1.43. The fraction of sp³-hybridized carbons (Fsp3) is 0.0588. The predicted octanol–water partition coefficient (Wildman–Crippen LogP) is 4.06. The molecule has 0 aliphatic rings. The average molecular weight is 352 g/mol. The monoisotopic (exact) mass is 352 g/mol. The summed E-state index contributed by atoms with van der Waals surface area (Å²) in [6, 6.07) is 11.5. The first-order valence-corrected chi connectivity index (χ1v) is 9.41. The minimum Gasteiger partial charge on any atom is -0.608 e. The molecular formula is C17H14F2O2S2. The van der Waals surface area contributed by atoms with Crippen LogP contribution in [0.2, 0.25) is 0 Å². The number of hydrogen-bond donors (Lipinski definition) is 0. The van der Waals surface area contributed by atoms with Crippen molar-refractivity contribution in [2.24, 2.45) is 0 Å². The minimum absolute atomic E-state index is 0.0324. The van der Waals surface area contributed by atoms with E-state index in [4.69, 9.17) is 0 Å². The summed E-state index contributed by atoms with van der Waals surface area (Å²) >= 11 is -2.81. The van der Waals surface area contributed by atoms with Gasteiger partial charge in [0.15, 0.2) is 0 Å². The van der Waals surface area contributed by atoms with Crippen LogP contribution in [0.5, 0.6) is 0 Å². The Kier molecular flexibility index (Phi) is 6.85. The van der Waals surface area contributed by atoms with Crippen LogP contribution in [0.4, 0.5) is 8.78 Å². The van der Waals surface area contributed by atoms with Gasteiger partial charge in [-0.15, -0.1) is 0 Å². The molecule has 2 rings (SSSR count). The molecule has 6 heteroatoms. The summed E-state index contributed by atoms with van der Waals surface area (Å²) in [4.78, 5) is 0. The minimum atomic E-state index is -1.40. The van der Waals surface area contributed by atoms with Crippen molar-refractivity contribution >= 4 is 34.5 Å². The zero-order chi connectivity index (χ0) is 16.7. The third-order valence-corrected chi connectivity index (χ3v) is 5.53. The molecule has 2 atom stereocenters. The molecule has 120 valence electrons. The van der Waals surface area contributed by atoms with E-state index in [0.717, 1.165) is 0 Å². The van der Waals surface area contributed by atoms with Gasteiger partial charge in [-0.25, -0.2) is 8.78 Å². The Morgan fingerprint density at radius 1 is 0.696 bits per heavy atom. The van der Waals surface area contributed by atoms with Gasteiger partial charge in [0.2, 0.25) is 0 Å². The zero-order valence-corrected chi connectivity index (χ0v) is 13.7. The van der Waals surface area contributed by atoms with Crippen molar-refractivity contribution in [2.75, 3.05) is 5.08 Å². The van der Waals surface area contributed by atoms with E-state index in [0.29, 0.717) is 11.1 Å². The molecule has 0 N–H and O–H groups in total. The second-order valence-electron chi connectivity index (χ2n) is 4.59. The Bertz CT molecular complexity index is 610. The van der Waals surface area contributed by atoms with Gasteiger partial charge in [-0.2, -0.15) is 0 Å². The third-order valence-electron chi connectivity index (χ3n) is 2.80. The van der Waals surface area contributed by atoms with E-state index in [1.54, 1.807) is 36.4 Å². The van der Waals surface area contributed by atoms with Gasteiger partial charge in [-0.05, 0) is 47.5 Å². The molecule has 0 spiro atoms. The lowest BCUT2D eigenvalue weighted by atomic mass is 10.2. The molecule has 0 aliphatic carbocycles. The summed E-state index contributed by atoms with van der Waals surface area (Å²) in [5.74, 6) is -0.675. The second kappa shape index (κ2) is 8.88. The van der Waals surface area contributed by atoms with Gasteiger partial charge < -0.3 is 9.11 Å².